The van der Waals surface area contributed by atoms with Crippen LogP contribution in [0.25, 0.3) is 5.76 Å². The number of pyridine rings is 1. The predicted octanol–water partition coefficient (Wildman–Crippen LogP) is 6.62. The van der Waals surface area contributed by atoms with Crippen LogP contribution in [0.5, 0.6) is 0 Å². The third-order valence-electron chi connectivity index (χ3n) is 6.26. The first-order valence-corrected chi connectivity index (χ1v) is 12.0. The molecule has 4 rings (SSSR count). The van der Waals surface area contributed by atoms with Crippen LogP contribution in [-0.4, -0.2) is 26.7 Å². The van der Waals surface area contributed by atoms with Gasteiger partial charge in [-0.05, 0) is 64.9 Å². The minimum atomic E-state index is -0.837. The molecule has 1 unspecified atom stereocenters. The molecule has 7 heteroatoms. The van der Waals surface area contributed by atoms with Crippen molar-refractivity contribution in [2.45, 2.75) is 45.7 Å². The zero-order valence-corrected chi connectivity index (χ0v) is 21.5. The van der Waals surface area contributed by atoms with E-state index in [1.807, 2.05) is 25.1 Å². The summed E-state index contributed by atoms with van der Waals surface area (Å²) in [5.41, 5.74) is 3.56. The van der Waals surface area contributed by atoms with Crippen molar-refractivity contribution in [3.05, 3.63) is 104 Å². The first-order chi connectivity index (χ1) is 16.5. The third-order valence-corrected chi connectivity index (χ3v) is 7.00. The highest BCUT2D eigenvalue weighted by molar-refractivity contribution is 6.46. The predicted molar refractivity (Wildman–Crippen MR) is 138 cm³/mol. The summed E-state index contributed by atoms with van der Waals surface area (Å²) in [5.74, 6) is -1.64. The number of hydrogen-bond acceptors (Lipinski definition) is 4. The van der Waals surface area contributed by atoms with Crippen molar-refractivity contribution in [3.63, 3.8) is 0 Å². The van der Waals surface area contributed by atoms with E-state index >= 15 is 0 Å². The van der Waals surface area contributed by atoms with Gasteiger partial charge in [0, 0.05) is 24.5 Å². The fraction of sp³-hybridized carbons (Fsp3) is 0.250. The fourth-order valence-electron chi connectivity index (χ4n) is 4.25. The van der Waals surface area contributed by atoms with Crippen LogP contribution in [0.15, 0.2) is 66.5 Å². The maximum Gasteiger partial charge on any atom is 0.295 e. The first-order valence-electron chi connectivity index (χ1n) is 11.2. The normalized spacial score (nSPS) is 17.8. The van der Waals surface area contributed by atoms with Gasteiger partial charge in [-0.15, -0.1) is 0 Å². The second-order valence-corrected chi connectivity index (χ2v) is 10.6. The van der Waals surface area contributed by atoms with Gasteiger partial charge in [-0.25, -0.2) is 0 Å². The zero-order chi connectivity index (χ0) is 25.5. The number of ketones is 1. The molecule has 0 spiro atoms. The van der Waals surface area contributed by atoms with E-state index in [1.54, 1.807) is 42.7 Å². The molecule has 1 aromatic heterocycles. The Morgan fingerprint density at radius 1 is 1.00 bits per heavy atom. The minimum absolute atomic E-state index is 0.0246. The van der Waals surface area contributed by atoms with E-state index in [9.17, 15) is 14.7 Å². The maximum absolute atomic E-state index is 13.4. The molecule has 1 amide bonds. The molecule has 0 saturated carbocycles. The summed E-state index contributed by atoms with van der Waals surface area (Å²) < 4.78 is 0. The van der Waals surface area contributed by atoms with Crippen molar-refractivity contribution >= 4 is 40.7 Å². The molecule has 1 aliphatic heterocycles. The van der Waals surface area contributed by atoms with Gasteiger partial charge in [-0.1, -0.05) is 62.2 Å². The number of carbonyl (C=O) groups is 2. The molecule has 2 heterocycles. The number of carbonyl (C=O) groups excluding carboxylic acids is 2. The van der Waals surface area contributed by atoms with E-state index in [2.05, 4.69) is 25.8 Å². The number of aliphatic hydroxyl groups excluding tert-OH is 1. The van der Waals surface area contributed by atoms with Crippen molar-refractivity contribution in [1.82, 2.24) is 9.88 Å². The van der Waals surface area contributed by atoms with Crippen molar-refractivity contribution < 1.29 is 14.7 Å². The van der Waals surface area contributed by atoms with Crippen molar-refractivity contribution in [3.8, 4) is 0 Å². The Kier molecular flexibility index (Phi) is 6.76. The number of Topliss-reactive ketones (excluding diaryl/α,β-unsaturated/α-hetero) is 1. The Labute approximate surface area is 215 Å². The van der Waals surface area contributed by atoms with Gasteiger partial charge < -0.3 is 10.0 Å². The Morgan fingerprint density at radius 2 is 1.69 bits per heavy atom. The fourth-order valence-corrected chi connectivity index (χ4v) is 4.55. The van der Waals surface area contributed by atoms with E-state index in [0.29, 0.717) is 21.2 Å². The number of amides is 1. The molecular weight excluding hydrogens is 483 g/mol. The second kappa shape index (κ2) is 9.48. The lowest BCUT2D eigenvalue weighted by molar-refractivity contribution is -0.140. The molecule has 2 aromatic carbocycles. The van der Waals surface area contributed by atoms with Gasteiger partial charge in [0.25, 0.3) is 11.7 Å². The van der Waals surface area contributed by atoms with Gasteiger partial charge in [0.1, 0.15) is 5.76 Å². The molecule has 1 aliphatic rings. The van der Waals surface area contributed by atoms with Gasteiger partial charge in [0.2, 0.25) is 0 Å². The molecule has 1 atom stereocenters. The maximum atomic E-state index is 13.4. The highest BCUT2D eigenvalue weighted by Crippen LogP contribution is 2.42. The highest BCUT2D eigenvalue weighted by atomic mass is 35.5. The van der Waals surface area contributed by atoms with Crippen LogP contribution in [-0.2, 0) is 21.5 Å². The number of hydrogen-bond donors (Lipinski definition) is 1. The number of aliphatic hydroxyl groups is 1. The van der Waals surface area contributed by atoms with Crippen LogP contribution in [0.3, 0.4) is 0 Å². The number of benzene rings is 2. The molecule has 3 aromatic rings. The summed E-state index contributed by atoms with van der Waals surface area (Å²) in [4.78, 5) is 32.1. The number of rotatable bonds is 4. The van der Waals surface area contributed by atoms with Gasteiger partial charge in [-0.3, -0.25) is 14.6 Å². The summed E-state index contributed by atoms with van der Waals surface area (Å²) in [6.45, 7) is 8.25. The van der Waals surface area contributed by atoms with Crippen LogP contribution in [0.4, 0.5) is 0 Å². The van der Waals surface area contributed by atoms with Gasteiger partial charge in [0.05, 0.1) is 21.7 Å². The molecule has 0 bridgehead atoms. The highest BCUT2D eigenvalue weighted by Gasteiger charge is 2.46. The average Bonchev–Trinajstić information content (AvgIpc) is 3.05. The van der Waals surface area contributed by atoms with E-state index in [0.717, 1.165) is 16.7 Å². The van der Waals surface area contributed by atoms with Crippen molar-refractivity contribution in [1.29, 1.82) is 0 Å². The lowest BCUT2D eigenvalue weighted by atomic mass is 9.84. The Balaban J connectivity index is 1.93. The smallest absolute Gasteiger partial charge is 0.295 e. The minimum Gasteiger partial charge on any atom is -0.507 e. The Morgan fingerprint density at radius 3 is 2.31 bits per heavy atom. The summed E-state index contributed by atoms with van der Waals surface area (Å²) >= 11 is 12.4. The lowest BCUT2D eigenvalue weighted by Gasteiger charge is -2.26. The van der Waals surface area contributed by atoms with Crippen LogP contribution >= 0.6 is 23.2 Å². The van der Waals surface area contributed by atoms with Crippen molar-refractivity contribution in [2.75, 3.05) is 0 Å². The topological polar surface area (TPSA) is 70.5 Å². The van der Waals surface area contributed by atoms with Gasteiger partial charge in [0.15, 0.2) is 0 Å². The quantitative estimate of drug-likeness (QED) is 0.244. The molecule has 1 saturated heterocycles. The Bertz CT molecular complexity index is 1340. The molecule has 35 heavy (non-hydrogen) atoms. The zero-order valence-electron chi connectivity index (χ0n) is 20.0. The molecule has 5 nitrogen and oxygen atoms in total. The lowest BCUT2D eigenvalue weighted by Crippen LogP contribution is -2.29. The van der Waals surface area contributed by atoms with E-state index in [-0.39, 0.29) is 23.3 Å². The summed E-state index contributed by atoms with van der Waals surface area (Å²) in [6.07, 6.45) is 3.25. The number of aromatic nitrogens is 1. The largest absolute Gasteiger partial charge is 0.507 e. The number of aryl methyl sites for hydroxylation is 1. The molecule has 1 N–H and O–H groups in total. The van der Waals surface area contributed by atoms with E-state index in [1.165, 1.54) is 4.90 Å². The van der Waals surface area contributed by atoms with Crippen LogP contribution < -0.4 is 0 Å². The summed E-state index contributed by atoms with van der Waals surface area (Å²) in [7, 11) is 0. The first kappa shape index (κ1) is 25.0. The van der Waals surface area contributed by atoms with Gasteiger partial charge >= 0.3 is 0 Å². The molecule has 1 fully saturated rings. The Hall–Kier alpha value is -3.15. The van der Waals surface area contributed by atoms with Gasteiger partial charge in [-0.2, -0.15) is 0 Å². The van der Waals surface area contributed by atoms with Crippen LogP contribution in [0.2, 0.25) is 10.0 Å². The van der Waals surface area contributed by atoms with E-state index < -0.39 is 17.7 Å². The van der Waals surface area contributed by atoms with Crippen LogP contribution in [0, 0.1) is 6.92 Å². The summed E-state index contributed by atoms with van der Waals surface area (Å²) in [5, 5.41) is 12.2. The number of halogens is 2. The van der Waals surface area contributed by atoms with E-state index in [4.69, 9.17) is 23.2 Å². The van der Waals surface area contributed by atoms with Crippen molar-refractivity contribution in [2.24, 2.45) is 0 Å². The molecule has 0 radical (unpaired) electrons. The molecular formula is C28H26Cl2N2O3. The molecule has 0 aliphatic carbocycles. The monoisotopic (exact) mass is 508 g/mol. The summed E-state index contributed by atoms with van der Waals surface area (Å²) in [6, 6.07) is 13.5. The number of likely N-dealkylation sites (tertiary alicyclic amines) is 1. The number of nitrogens with zero attached hydrogens (tertiary/aromatic N) is 2. The third kappa shape index (κ3) is 4.84. The average molecular weight is 509 g/mol. The molecule has 180 valence electrons. The van der Waals surface area contributed by atoms with Crippen LogP contribution in [0.1, 0.15) is 54.6 Å². The standard InChI is InChI=1S/C28H26Cl2N2O3/c1-16-5-7-19(28(2,3)4)14-20(16)25(33)23-24(18-6-8-21(29)22(30)13-18)32(27(35)26(23)34)15-17-9-11-31-12-10-17/h5-14,24,33H,15H2,1-4H3/b25-23+. The second-order valence-electron chi connectivity index (χ2n) is 9.74. The SMILES string of the molecule is Cc1ccc(C(C)(C)C)cc1/C(O)=C1\C(=O)C(=O)N(Cc2ccncc2)C1c1ccc(Cl)c(Cl)c1.